The molecule has 2 aromatic rings. The highest BCUT2D eigenvalue weighted by atomic mass is 19.4. The number of aromatic nitrogens is 1. The lowest BCUT2D eigenvalue weighted by Gasteiger charge is -2.28. The van der Waals surface area contributed by atoms with Gasteiger partial charge in [0.1, 0.15) is 18.2 Å². The van der Waals surface area contributed by atoms with Gasteiger partial charge in [-0.15, -0.1) is 0 Å². The predicted molar refractivity (Wildman–Crippen MR) is 129 cm³/mol. The summed E-state index contributed by atoms with van der Waals surface area (Å²) in [6.07, 6.45) is -4.61. The number of benzene rings is 1. The lowest BCUT2D eigenvalue weighted by atomic mass is 10.00. The molecule has 0 radical (unpaired) electrons. The molecule has 2 aliphatic heterocycles. The smallest absolute Gasteiger partial charge is 0.393 e. The molecule has 2 aliphatic rings. The zero-order chi connectivity index (χ0) is 26.7. The lowest BCUT2D eigenvalue weighted by Crippen LogP contribution is -2.42. The molecule has 2 fully saturated rings. The van der Waals surface area contributed by atoms with Gasteiger partial charge in [0.25, 0.3) is 0 Å². The number of aliphatic hydroxyl groups excluding tert-OH is 1. The first-order valence-electron chi connectivity index (χ1n) is 12.1. The summed E-state index contributed by atoms with van der Waals surface area (Å²) in [5.74, 6) is -1.43. The number of carbonyl (C=O) groups excluding carboxylic acids is 1. The van der Waals surface area contributed by atoms with E-state index in [0.29, 0.717) is 48.8 Å². The molecular weight excluding hydrogens is 496 g/mol. The summed E-state index contributed by atoms with van der Waals surface area (Å²) in [6.45, 7) is 5.13. The molecule has 0 saturated carbocycles. The number of rotatable bonds is 6. The van der Waals surface area contributed by atoms with Crippen LogP contribution in [0.4, 0.5) is 33.9 Å². The third-order valence-electron chi connectivity index (χ3n) is 6.77. The number of aryl methyl sites for hydroxylation is 1. The van der Waals surface area contributed by atoms with Crippen LogP contribution >= 0.6 is 0 Å². The third kappa shape index (κ3) is 6.07. The van der Waals surface area contributed by atoms with Crippen molar-refractivity contribution in [2.75, 3.05) is 56.3 Å². The minimum atomic E-state index is -4.41. The summed E-state index contributed by atoms with van der Waals surface area (Å²) >= 11 is 0. The molecule has 37 heavy (non-hydrogen) atoms. The average Bonchev–Trinajstić information content (AvgIpc) is 3.26. The Morgan fingerprint density at radius 3 is 2.59 bits per heavy atom. The SMILES string of the molecule is Cc1cc(F)c(NC(=O)N2CCC(C(F)(F)F)C2C)cc1-c1cc(OCCO)nc(N2CCOCC2)c1. The molecule has 1 aromatic heterocycles. The number of ether oxygens (including phenoxy) is 2. The number of likely N-dealkylation sites (tertiary alicyclic amines) is 1. The second-order valence-corrected chi connectivity index (χ2v) is 9.17. The number of urea groups is 1. The van der Waals surface area contributed by atoms with Crippen LogP contribution in [0.15, 0.2) is 24.3 Å². The Balaban J connectivity index is 1.63. The van der Waals surface area contributed by atoms with Crippen LogP contribution in [0.5, 0.6) is 5.88 Å². The summed E-state index contributed by atoms with van der Waals surface area (Å²) < 4.78 is 65.6. The summed E-state index contributed by atoms with van der Waals surface area (Å²) in [5.41, 5.74) is 1.67. The van der Waals surface area contributed by atoms with Crippen molar-refractivity contribution in [2.45, 2.75) is 32.5 Å². The topological polar surface area (TPSA) is 87.2 Å². The number of morpholine rings is 1. The van der Waals surface area contributed by atoms with Crippen molar-refractivity contribution in [3.05, 3.63) is 35.6 Å². The van der Waals surface area contributed by atoms with Crippen LogP contribution < -0.4 is 15.0 Å². The minimum Gasteiger partial charge on any atom is -0.475 e. The van der Waals surface area contributed by atoms with E-state index in [1.165, 1.54) is 19.1 Å². The van der Waals surface area contributed by atoms with Gasteiger partial charge in [0.2, 0.25) is 5.88 Å². The van der Waals surface area contributed by atoms with Crippen molar-refractivity contribution >= 4 is 17.5 Å². The van der Waals surface area contributed by atoms with E-state index < -0.39 is 30.0 Å². The fourth-order valence-corrected chi connectivity index (χ4v) is 4.76. The van der Waals surface area contributed by atoms with Crippen molar-refractivity contribution in [3.63, 3.8) is 0 Å². The number of hydrogen-bond acceptors (Lipinski definition) is 6. The molecule has 1 aromatic carbocycles. The van der Waals surface area contributed by atoms with Crippen molar-refractivity contribution in [1.82, 2.24) is 9.88 Å². The average molecular weight is 527 g/mol. The van der Waals surface area contributed by atoms with Crippen LogP contribution in [0.1, 0.15) is 18.9 Å². The Hall–Kier alpha value is -3.12. The van der Waals surface area contributed by atoms with Gasteiger partial charge < -0.3 is 29.7 Å². The maximum Gasteiger partial charge on any atom is 0.393 e. The molecule has 0 spiro atoms. The monoisotopic (exact) mass is 526 g/mol. The minimum absolute atomic E-state index is 0.0374. The first-order chi connectivity index (χ1) is 17.6. The highest BCUT2D eigenvalue weighted by Crippen LogP contribution is 2.39. The van der Waals surface area contributed by atoms with E-state index in [9.17, 15) is 22.4 Å². The number of alkyl halides is 3. The van der Waals surface area contributed by atoms with E-state index >= 15 is 0 Å². The van der Waals surface area contributed by atoms with Gasteiger partial charge in [-0.25, -0.2) is 9.18 Å². The van der Waals surface area contributed by atoms with Crippen molar-refractivity contribution in [3.8, 4) is 17.0 Å². The number of nitrogens with zero attached hydrogens (tertiary/aromatic N) is 3. The van der Waals surface area contributed by atoms with E-state index in [1.54, 1.807) is 13.0 Å². The number of aliphatic hydroxyl groups is 1. The Morgan fingerprint density at radius 2 is 1.95 bits per heavy atom. The summed E-state index contributed by atoms with van der Waals surface area (Å²) in [4.78, 5) is 20.4. The van der Waals surface area contributed by atoms with Crippen LogP contribution in [0.3, 0.4) is 0 Å². The molecule has 8 nitrogen and oxygen atoms in total. The van der Waals surface area contributed by atoms with Gasteiger partial charge in [-0.05, 0) is 55.2 Å². The molecule has 2 saturated heterocycles. The van der Waals surface area contributed by atoms with E-state index in [2.05, 4.69) is 10.3 Å². The molecule has 12 heteroatoms. The van der Waals surface area contributed by atoms with Crippen LogP contribution in [0, 0.1) is 18.7 Å². The number of hydrogen-bond donors (Lipinski definition) is 2. The van der Waals surface area contributed by atoms with E-state index in [0.717, 1.165) is 4.90 Å². The highest BCUT2D eigenvalue weighted by Gasteiger charge is 2.49. The van der Waals surface area contributed by atoms with Crippen LogP contribution in [-0.4, -0.2) is 79.3 Å². The third-order valence-corrected chi connectivity index (χ3v) is 6.77. The normalized spacial score (nSPS) is 20.3. The van der Waals surface area contributed by atoms with Gasteiger partial charge in [-0.1, -0.05) is 0 Å². The highest BCUT2D eigenvalue weighted by molar-refractivity contribution is 5.91. The Kier molecular flexibility index (Phi) is 8.08. The van der Waals surface area contributed by atoms with Crippen molar-refractivity contribution in [1.29, 1.82) is 0 Å². The molecule has 0 bridgehead atoms. The Morgan fingerprint density at radius 1 is 1.22 bits per heavy atom. The second kappa shape index (κ2) is 11.1. The molecule has 0 aliphatic carbocycles. The number of amides is 2. The van der Waals surface area contributed by atoms with Gasteiger partial charge in [-0.3, -0.25) is 0 Å². The predicted octanol–water partition coefficient (Wildman–Crippen LogP) is 4.21. The molecule has 2 atom stereocenters. The zero-order valence-electron chi connectivity index (χ0n) is 20.6. The summed E-state index contributed by atoms with van der Waals surface area (Å²) in [7, 11) is 0. The van der Waals surface area contributed by atoms with Crippen LogP contribution in [0.2, 0.25) is 0 Å². The fraction of sp³-hybridized carbons (Fsp3) is 0.520. The van der Waals surface area contributed by atoms with Crippen molar-refractivity contribution in [2.24, 2.45) is 5.92 Å². The number of nitrogens with one attached hydrogen (secondary N) is 1. The zero-order valence-corrected chi connectivity index (χ0v) is 20.6. The Labute approximate surface area is 212 Å². The number of pyridine rings is 1. The molecule has 2 amide bonds. The largest absolute Gasteiger partial charge is 0.475 e. The van der Waals surface area contributed by atoms with E-state index in [4.69, 9.17) is 14.6 Å². The summed E-state index contributed by atoms with van der Waals surface area (Å²) in [5, 5.41) is 11.6. The van der Waals surface area contributed by atoms with Gasteiger partial charge in [0, 0.05) is 31.7 Å². The van der Waals surface area contributed by atoms with Gasteiger partial charge in [0.05, 0.1) is 31.4 Å². The first-order valence-corrected chi connectivity index (χ1v) is 12.1. The van der Waals surface area contributed by atoms with Gasteiger partial charge >= 0.3 is 12.2 Å². The molecule has 202 valence electrons. The molecule has 2 N–H and O–H groups in total. The maximum atomic E-state index is 14.9. The molecular formula is C25H30F4N4O4. The quantitative estimate of drug-likeness (QED) is 0.549. The van der Waals surface area contributed by atoms with Gasteiger partial charge in [-0.2, -0.15) is 18.2 Å². The van der Waals surface area contributed by atoms with Crippen LogP contribution in [0.25, 0.3) is 11.1 Å². The number of anilines is 2. The standard InChI is InChI=1S/C25H30F4N4O4/c1-15-11-20(26)21(30-24(35)33-4-3-19(16(33)2)25(27,28)29)14-18(15)17-12-22(32-5-8-36-9-6-32)31-23(13-17)37-10-7-34/h11-14,16,19,34H,3-10H2,1-2H3,(H,30,35). The molecule has 4 rings (SSSR count). The lowest BCUT2D eigenvalue weighted by molar-refractivity contribution is -0.177. The number of carbonyl (C=O) groups is 1. The van der Waals surface area contributed by atoms with E-state index in [1.807, 2.05) is 11.0 Å². The maximum absolute atomic E-state index is 14.9. The van der Waals surface area contributed by atoms with Crippen LogP contribution in [-0.2, 0) is 4.74 Å². The number of halogens is 4. The van der Waals surface area contributed by atoms with Crippen molar-refractivity contribution < 1.29 is 36.9 Å². The fourth-order valence-electron chi connectivity index (χ4n) is 4.76. The van der Waals surface area contributed by atoms with E-state index in [-0.39, 0.29) is 37.7 Å². The Bertz CT molecular complexity index is 1120. The summed E-state index contributed by atoms with van der Waals surface area (Å²) in [6, 6.07) is 4.35. The van der Waals surface area contributed by atoms with Gasteiger partial charge in [0.15, 0.2) is 0 Å². The first kappa shape index (κ1) is 26.9. The second-order valence-electron chi connectivity index (χ2n) is 9.17. The molecule has 2 unspecified atom stereocenters. The molecule has 3 heterocycles.